The molecule has 0 radical (unpaired) electrons. The Labute approximate surface area is 189 Å². The number of aryl methyl sites for hydroxylation is 1. The monoisotopic (exact) mass is 515 g/mol. The summed E-state index contributed by atoms with van der Waals surface area (Å²) in [4.78, 5) is 4.32. The lowest BCUT2D eigenvalue weighted by Gasteiger charge is -2.14. The van der Waals surface area contributed by atoms with Crippen LogP contribution < -0.4 is 20.1 Å². The number of benzene rings is 1. The Hall–Kier alpha value is -2.01. The van der Waals surface area contributed by atoms with Gasteiger partial charge in [-0.25, -0.2) is 0 Å². The Morgan fingerprint density at radius 2 is 2.00 bits per heavy atom. The first-order valence-corrected chi connectivity index (χ1v) is 9.51. The van der Waals surface area contributed by atoms with Crippen molar-refractivity contribution in [3.63, 3.8) is 0 Å². The average molecular weight is 515 g/mol. The molecule has 160 valence electrons. The first-order chi connectivity index (χ1) is 13.6. The first kappa shape index (κ1) is 23.3. The molecule has 2 aromatic rings. The number of halogens is 1. The largest absolute Gasteiger partial charge is 0.490 e. The number of aliphatic imine (C=N–C) groups is 1. The van der Waals surface area contributed by atoms with Gasteiger partial charge in [-0.15, -0.1) is 24.0 Å². The van der Waals surface area contributed by atoms with Crippen molar-refractivity contribution in [2.45, 2.75) is 33.4 Å². The van der Waals surface area contributed by atoms with E-state index in [0.29, 0.717) is 32.3 Å². The molecule has 0 amide bonds. The smallest absolute Gasteiger partial charge is 0.195 e. The van der Waals surface area contributed by atoms with Crippen LogP contribution in [-0.4, -0.2) is 49.7 Å². The highest BCUT2D eigenvalue weighted by Gasteiger charge is 2.13. The molecule has 1 aromatic heterocycles. The molecule has 0 unspecified atom stereocenters. The zero-order valence-corrected chi connectivity index (χ0v) is 19.8. The third kappa shape index (κ3) is 5.99. The second-order valence-corrected chi connectivity index (χ2v) is 6.63. The van der Waals surface area contributed by atoms with Crippen LogP contribution in [0.15, 0.2) is 23.2 Å². The quantitative estimate of drug-likeness (QED) is 0.350. The van der Waals surface area contributed by atoms with Crippen molar-refractivity contribution in [2.75, 3.05) is 39.3 Å². The number of nitrogens with zero attached hydrogens (tertiary/aromatic N) is 3. The summed E-state index contributed by atoms with van der Waals surface area (Å²) in [5.74, 6) is 2.21. The van der Waals surface area contributed by atoms with Gasteiger partial charge in [0.2, 0.25) is 0 Å². The lowest BCUT2D eigenvalue weighted by molar-refractivity contribution is 0.182. The molecule has 0 saturated heterocycles. The molecule has 29 heavy (non-hydrogen) atoms. The van der Waals surface area contributed by atoms with Crippen LogP contribution >= 0.6 is 24.0 Å². The van der Waals surface area contributed by atoms with Crippen LogP contribution in [0.1, 0.15) is 23.4 Å². The molecule has 2 N–H and O–H groups in total. The Balaban J connectivity index is 0.00000300. The summed E-state index contributed by atoms with van der Waals surface area (Å²) in [6.07, 6.45) is 0.886. The Kier molecular flexibility index (Phi) is 9.02. The molecule has 0 fully saturated rings. The lowest BCUT2D eigenvalue weighted by atomic mass is 10.2. The number of hydrogen-bond acceptors (Lipinski definition) is 5. The zero-order valence-electron chi connectivity index (χ0n) is 17.4. The van der Waals surface area contributed by atoms with E-state index in [4.69, 9.17) is 14.2 Å². The Bertz CT molecular complexity index is 838. The van der Waals surface area contributed by atoms with E-state index in [2.05, 4.69) is 27.6 Å². The summed E-state index contributed by atoms with van der Waals surface area (Å²) in [6.45, 7) is 7.46. The van der Waals surface area contributed by atoms with E-state index in [-0.39, 0.29) is 24.0 Å². The van der Waals surface area contributed by atoms with Crippen molar-refractivity contribution in [3.05, 3.63) is 35.2 Å². The van der Waals surface area contributed by atoms with Crippen molar-refractivity contribution < 1.29 is 14.2 Å². The van der Waals surface area contributed by atoms with Crippen molar-refractivity contribution >= 4 is 35.6 Å². The van der Waals surface area contributed by atoms with Gasteiger partial charge in [-0.2, -0.15) is 5.10 Å². The van der Waals surface area contributed by atoms with Gasteiger partial charge in [-0.1, -0.05) is 0 Å². The van der Waals surface area contributed by atoms with Crippen LogP contribution in [0.4, 0.5) is 5.69 Å². The van der Waals surface area contributed by atoms with Gasteiger partial charge in [0.25, 0.3) is 0 Å². The molecular weight excluding hydrogens is 485 g/mol. The summed E-state index contributed by atoms with van der Waals surface area (Å²) < 4.78 is 18.6. The minimum atomic E-state index is 0. The highest BCUT2D eigenvalue weighted by molar-refractivity contribution is 14.0. The maximum Gasteiger partial charge on any atom is 0.195 e. The summed E-state index contributed by atoms with van der Waals surface area (Å²) in [5, 5.41) is 11.3. The predicted molar refractivity (Wildman–Crippen MR) is 125 cm³/mol. The van der Waals surface area contributed by atoms with E-state index in [1.54, 1.807) is 14.2 Å². The number of methoxy groups -OCH3 is 1. The number of fused-ring (bicyclic) bond motifs is 1. The van der Waals surface area contributed by atoms with Crippen molar-refractivity contribution in [2.24, 2.45) is 4.99 Å². The molecule has 3 rings (SSSR count). The van der Waals surface area contributed by atoms with Crippen molar-refractivity contribution in [1.29, 1.82) is 0 Å². The van der Waals surface area contributed by atoms with Crippen molar-refractivity contribution in [3.8, 4) is 11.5 Å². The van der Waals surface area contributed by atoms with Crippen LogP contribution in [0.2, 0.25) is 0 Å². The maximum absolute atomic E-state index is 5.75. The molecule has 1 aliphatic rings. The lowest BCUT2D eigenvalue weighted by Crippen LogP contribution is -2.30. The van der Waals surface area contributed by atoms with Gasteiger partial charge in [-0.05, 0) is 26.0 Å². The van der Waals surface area contributed by atoms with E-state index in [1.807, 2.05) is 29.8 Å². The fraction of sp³-hybridized carbons (Fsp3) is 0.500. The van der Waals surface area contributed by atoms with Gasteiger partial charge in [0.05, 0.1) is 32.1 Å². The molecule has 1 aliphatic heterocycles. The SMILES string of the molecule is CN=C(NCc1c(C)nn(CCOC)c1C)Nc1ccc2c(c1)OCCCO2.I. The van der Waals surface area contributed by atoms with Crippen molar-refractivity contribution in [1.82, 2.24) is 15.1 Å². The normalized spacial score (nSPS) is 13.4. The average Bonchev–Trinajstić information content (AvgIpc) is 2.86. The number of ether oxygens (including phenoxy) is 3. The summed E-state index contributed by atoms with van der Waals surface area (Å²) >= 11 is 0. The molecule has 0 atom stereocenters. The van der Waals surface area contributed by atoms with E-state index in [9.17, 15) is 0 Å². The third-order valence-corrected chi connectivity index (χ3v) is 4.71. The van der Waals surface area contributed by atoms with E-state index < -0.39 is 0 Å². The fourth-order valence-corrected chi connectivity index (χ4v) is 3.11. The number of anilines is 1. The molecule has 0 bridgehead atoms. The minimum absolute atomic E-state index is 0. The molecule has 8 nitrogen and oxygen atoms in total. The van der Waals surface area contributed by atoms with E-state index in [1.165, 1.54) is 0 Å². The molecule has 9 heteroatoms. The number of aromatic nitrogens is 2. The van der Waals surface area contributed by atoms with Gasteiger partial charge in [0, 0.05) is 50.1 Å². The van der Waals surface area contributed by atoms with Crippen LogP contribution in [-0.2, 0) is 17.8 Å². The van der Waals surface area contributed by atoms with Crippen LogP contribution in [0.25, 0.3) is 0 Å². The van der Waals surface area contributed by atoms with Gasteiger partial charge in [0.15, 0.2) is 17.5 Å². The molecule has 0 spiro atoms. The standard InChI is InChI=1S/C20H29N5O3.HI/c1-14-17(15(2)25(24-14)8-11-26-4)13-22-20(21-3)23-16-6-7-18-19(12-16)28-10-5-9-27-18;/h6-7,12H,5,8-11,13H2,1-4H3,(H2,21,22,23);1H. The maximum atomic E-state index is 5.75. The Morgan fingerprint density at radius 1 is 1.24 bits per heavy atom. The number of nitrogens with one attached hydrogen (secondary N) is 2. The first-order valence-electron chi connectivity index (χ1n) is 9.51. The molecule has 0 aliphatic carbocycles. The van der Waals surface area contributed by atoms with Gasteiger partial charge in [-0.3, -0.25) is 9.67 Å². The third-order valence-electron chi connectivity index (χ3n) is 4.71. The highest BCUT2D eigenvalue weighted by atomic mass is 127. The van der Waals surface area contributed by atoms with Gasteiger partial charge in [0.1, 0.15) is 0 Å². The van der Waals surface area contributed by atoms with Crippen LogP contribution in [0, 0.1) is 13.8 Å². The molecular formula is C20H30IN5O3. The molecule has 0 saturated carbocycles. The van der Waals surface area contributed by atoms with Crippen LogP contribution in [0.5, 0.6) is 11.5 Å². The zero-order chi connectivity index (χ0) is 19.9. The minimum Gasteiger partial charge on any atom is -0.490 e. The van der Waals surface area contributed by atoms with Crippen LogP contribution in [0.3, 0.4) is 0 Å². The molecule has 2 heterocycles. The number of hydrogen-bond donors (Lipinski definition) is 2. The summed E-state index contributed by atoms with van der Waals surface area (Å²) in [7, 11) is 3.45. The Morgan fingerprint density at radius 3 is 2.72 bits per heavy atom. The number of guanidine groups is 1. The molecule has 1 aromatic carbocycles. The van der Waals surface area contributed by atoms with E-state index >= 15 is 0 Å². The van der Waals surface area contributed by atoms with E-state index in [0.717, 1.165) is 47.1 Å². The second-order valence-electron chi connectivity index (χ2n) is 6.63. The summed E-state index contributed by atoms with van der Waals surface area (Å²) in [5.41, 5.74) is 4.19. The predicted octanol–water partition coefficient (Wildman–Crippen LogP) is 3.11. The fourth-order valence-electron chi connectivity index (χ4n) is 3.11. The highest BCUT2D eigenvalue weighted by Crippen LogP contribution is 2.32. The van der Waals surface area contributed by atoms with Gasteiger partial charge >= 0.3 is 0 Å². The summed E-state index contributed by atoms with van der Waals surface area (Å²) in [6, 6.07) is 5.82. The van der Waals surface area contributed by atoms with Gasteiger partial charge < -0.3 is 24.8 Å². The second kappa shape index (κ2) is 11.2. The number of rotatable bonds is 6. The topological polar surface area (TPSA) is 81.9 Å².